The van der Waals surface area contributed by atoms with Crippen molar-refractivity contribution >= 4 is 0 Å². The Bertz CT molecular complexity index is 568. The Balaban J connectivity index is 2.10. The van der Waals surface area contributed by atoms with Crippen LogP contribution in [-0.2, 0) is 5.41 Å². The van der Waals surface area contributed by atoms with Gasteiger partial charge in [0.15, 0.2) is 0 Å². The van der Waals surface area contributed by atoms with E-state index in [-0.39, 0.29) is 11.5 Å². The summed E-state index contributed by atoms with van der Waals surface area (Å²) in [4.78, 5) is 0. The van der Waals surface area contributed by atoms with Crippen LogP contribution in [0.3, 0.4) is 0 Å². The third kappa shape index (κ3) is 3.85. The van der Waals surface area contributed by atoms with Gasteiger partial charge in [-0.05, 0) is 54.2 Å². The monoisotopic (exact) mass is 283 g/mol. The van der Waals surface area contributed by atoms with Gasteiger partial charge < -0.3 is 10.5 Å². The van der Waals surface area contributed by atoms with Crippen molar-refractivity contribution in [3.63, 3.8) is 0 Å². The van der Waals surface area contributed by atoms with Gasteiger partial charge in [-0.1, -0.05) is 45.0 Å². The number of hydrogen-bond donors (Lipinski definition) is 1. The minimum Gasteiger partial charge on any atom is -0.457 e. The zero-order valence-corrected chi connectivity index (χ0v) is 13.4. The predicted molar refractivity (Wildman–Crippen MR) is 88.9 cm³/mol. The molecule has 0 amide bonds. The van der Waals surface area contributed by atoms with Crippen molar-refractivity contribution in [2.75, 3.05) is 0 Å². The molecule has 0 aliphatic rings. The first-order chi connectivity index (χ1) is 9.92. The fraction of sp³-hybridized carbons (Fsp3) is 0.368. The highest BCUT2D eigenvalue weighted by atomic mass is 16.5. The first-order valence-electron chi connectivity index (χ1n) is 7.56. The number of ether oxygens (including phenoxy) is 1. The van der Waals surface area contributed by atoms with E-state index >= 15 is 0 Å². The van der Waals surface area contributed by atoms with Gasteiger partial charge in [0, 0.05) is 6.04 Å². The fourth-order valence-electron chi connectivity index (χ4n) is 2.15. The largest absolute Gasteiger partial charge is 0.457 e. The average Bonchev–Trinajstić information content (AvgIpc) is 2.48. The highest BCUT2D eigenvalue weighted by molar-refractivity contribution is 5.36. The molecule has 112 valence electrons. The molecule has 0 heterocycles. The molecule has 0 saturated carbocycles. The highest BCUT2D eigenvalue weighted by Crippen LogP contribution is 2.29. The van der Waals surface area contributed by atoms with Gasteiger partial charge in [-0.2, -0.15) is 0 Å². The number of nitrogens with two attached hydrogens (primary N) is 1. The van der Waals surface area contributed by atoms with Gasteiger partial charge in [-0.25, -0.2) is 0 Å². The summed E-state index contributed by atoms with van der Waals surface area (Å²) in [6.45, 7) is 8.71. The number of benzene rings is 2. The van der Waals surface area contributed by atoms with E-state index in [2.05, 4.69) is 32.9 Å². The zero-order chi connectivity index (χ0) is 15.5. The molecule has 0 unspecified atom stereocenters. The Kier molecular flexibility index (Phi) is 4.69. The average molecular weight is 283 g/mol. The van der Waals surface area contributed by atoms with E-state index in [1.165, 1.54) is 5.56 Å². The molecule has 0 aliphatic heterocycles. The first-order valence-corrected chi connectivity index (χ1v) is 7.56. The molecule has 0 radical (unpaired) electrons. The van der Waals surface area contributed by atoms with E-state index in [1.54, 1.807) is 0 Å². The summed E-state index contributed by atoms with van der Waals surface area (Å²) in [5.74, 6) is 1.70. The Morgan fingerprint density at radius 2 is 1.43 bits per heavy atom. The normalized spacial score (nSPS) is 13.0. The van der Waals surface area contributed by atoms with Crippen molar-refractivity contribution in [3.8, 4) is 11.5 Å². The first kappa shape index (κ1) is 15.6. The van der Waals surface area contributed by atoms with Crippen molar-refractivity contribution in [3.05, 3.63) is 59.7 Å². The summed E-state index contributed by atoms with van der Waals surface area (Å²) in [7, 11) is 0. The van der Waals surface area contributed by atoms with Gasteiger partial charge in [-0.3, -0.25) is 0 Å². The SMILES string of the molecule is CCC(C)(C)c1ccc(Oc2ccc([C@H](C)N)cc2)cc1. The van der Waals surface area contributed by atoms with Gasteiger partial charge in [-0.15, -0.1) is 0 Å². The highest BCUT2D eigenvalue weighted by Gasteiger charge is 2.17. The summed E-state index contributed by atoms with van der Waals surface area (Å²) >= 11 is 0. The molecule has 0 aromatic heterocycles. The van der Waals surface area contributed by atoms with Gasteiger partial charge in [0.05, 0.1) is 0 Å². The molecule has 2 nitrogen and oxygen atoms in total. The van der Waals surface area contributed by atoms with Crippen LogP contribution in [0.2, 0.25) is 0 Å². The molecule has 0 saturated heterocycles. The van der Waals surface area contributed by atoms with E-state index in [1.807, 2.05) is 43.3 Å². The van der Waals surface area contributed by atoms with Crippen LogP contribution in [0.5, 0.6) is 11.5 Å². The third-order valence-corrected chi connectivity index (χ3v) is 4.16. The Morgan fingerprint density at radius 3 is 1.86 bits per heavy atom. The lowest BCUT2D eigenvalue weighted by Gasteiger charge is -2.23. The molecule has 0 aliphatic carbocycles. The van der Waals surface area contributed by atoms with Crippen molar-refractivity contribution < 1.29 is 4.74 Å². The van der Waals surface area contributed by atoms with Crippen LogP contribution in [0.1, 0.15) is 51.3 Å². The van der Waals surface area contributed by atoms with Crippen LogP contribution in [-0.4, -0.2) is 0 Å². The molecule has 2 aromatic rings. The second-order valence-electron chi connectivity index (χ2n) is 6.22. The molecule has 1 atom stereocenters. The van der Waals surface area contributed by atoms with Crippen LogP contribution in [0, 0.1) is 0 Å². The second-order valence-corrected chi connectivity index (χ2v) is 6.22. The quantitative estimate of drug-likeness (QED) is 0.820. The summed E-state index contributed by atoms with van der Waals surface area (Å²) in [5, 5.41) is 0. The van der Waals surface area contributed by atoms with Crippen LogP contribution < -0.4 is 10.5 Å². The van der Waals surface area contributed by atoms with Crippen molar-refractivity contribution in [1.29, 1.82) is 0 Å². The van der Waals surface area contributed by atoms with E-state index in [9.17, 15) is 0 Å². The van der Waals surface area contributed by atoms with E-state index in [0.717, 1.165) is 23.5 Å². The maximum Gasteiger partial charge on any atom is 0.127 e. The smallest absolute Gasteiger partial charge is 0.127 e. The Labute approximate surface area is 127 Å². The molecule has 0 spiro atoms. The fourth-order valence-corrected chi connectivity index (χ4v) is 2.15. The van der Waals surface area contributed by atoms with Crippen LogP contribution in [0.15, 0.2) is 48.5 Å². The van der Waals surface area contributed by atoms with E-state index in [4.69, 9.17) is 10.5 Å². The van der Waals surface area contributed by atoms with Crippen molar-refractivity contribution in [2.24, 2.45) is 5.73 Å². The second kappa shape index (κ2) is 6.31. The summed E-state index contributed by atoms with van der Waals surface area (Å²) < 4.78 is 5.87. The maximum atomic E-state index is 5.87. The van der Waals surface area contributed by atoms with Gasteiger partial charge in [0.25, 0.3) is 0 Å². The van der Waals surface area contributed by atoms with Crippen LogP contribution in [0.4, 0.5) is 0 Å². The maximum absolute atomic E-state index is 5.87. The van der Waals surface area contributed by atoms with Crippen LogP contribution >= 0.6 is 0 Å². The molecule has 2 aromatic carbocycles. The molecule has 2 N–H and O–H groups in total. The van der Waals surface area contributed by atoms with Crippen LogP contribution in [0.25, 0.3) is 0 Å². The molecule has 2 heteroatoms. The molecule has 21 heavy (non-hydrogen) atoms. The molecule has 0 bridgehead atoms. The minimum absolute atomic E-state index is 0.0506. The summed E-state index contributed by atoms with van der Waals surface area (Å²) in [5.41, 5.74) is 8.50. The molecular weight excluding hydrogens is 258 g/mol. The van der Waals surface area contributed by atoms with Gasteiger partial charge in [0.1, 0.15) is 11.5 Å². The summed E-state index contributed by atoms with van der Waals surface area (Å²) in [6, 6.07) is 16.4. The Hall–Kier alpha value is -1.80. The number of rotatable bonds is 5. The predicted octanol–water partition coefficient (Wildman–Crippen LogP) is 5.19. The lowest BCUT2D eigenvalue weighted by atomic mass is 9.82. The van der Waals surface area contributed by atoms with Crippen molar-refractivity contribution in [2.45, 2.75) is 45.6 Å². The summed E-state index contributed by atoms with van der Waals surface area (Å²) in [6.07, 6.45) is 1.12. The lowest BCUT2D eigenvalue weighted by Crippen LogP contribution is -2.14. The zero-order valence-electron chi connectivity index (χ0n) is 13.4. The molecule has 0 fully saturated rings. The van der Waals surface area contributed by atoms with E-state index < -0.39 is 0 Å². The van der Waals surface area contributed by atoms with Gasteiger partial charge in [0.2, 0.25) is 0 Å². The lowest BCUT2D eigenvalue weighted by molar-refractivity contribution is 0.478. The topological polar surface area (TPSA) is 35.2 Å². The minimum atomic E-state index is 0.0506. The third-order valence-electron chi connectivity index (χ3n) is 4.16. The number of hydrogen-bond acceptors (Lipinski definition) is 2. The standard InChI is InChI=1S/C19H25NO/c1-5-19(3,4)16-8-12-18(13-9-16)21-17-10-6-15(7-11-17)14(2)20/h6-14H,5,20H2,1-4H3/t14-/m0/s1. The van der Waals surface area contributed by atoms with Crippen molar-refractivity contribution in [1.82, 2.24) is 0 Å². The Morgan fingerprint density at radius 1 is 0.952 bits per heavy atom. The van der Waals surface area contributed by atoms with E-state index in [0.29, 0.717) is 0 Å². The molecule has 2 rings (SSSR count). The molecular formula is C19H25NO. The van der Waals surface area contributed by atoms with Gasteiger partial charge >= 0.3 is 0 Å².